The Kier molecular flexibility index (Phi) is 21.9. The highest BCUT2D eigenvalue weighted by atomic mass is 16.4. The maximum Gasteiger partial charge on any atom is 0.307 e. The Balaban J connectivity index is 0.00000106. The van der Waals surface area contributed by atoms with Crippen LogP contribution in [0.25, 0.3) is 0 Å². The number of nitrogens with zero attached hydrogens (tertiary/aromatic N) is 1. The van der Waals surface area contributed by atoms with Gasteiger partial charge in [-0.1, -0.05) is 103 Å². The van der Waals surface area contributed by atoms with E-state index in [1.165, 1.54) is 77.0 Å². The lowest BCUT2D eigenvalue weighted by Gasteiger charge is -2.09. The van der Waals surface area contributed by atoms with Crippen molar-refractivity contribution in [2.24, 2.45) is 11.7 Å². The number of imidazole rings is 1. The van der Waals surface area contributed by atoms with E-state index in [0.29, 0.717) is 13.0 Å². The summed E-state index contributed by atoms with van der Waals surface area (Å²) in [4.78, 5) is 28.3. The molecule has 0 spiro atoms. The lowest BCUT2D eigenvalue weighted by Crippen LogP contribution is -2.17. The number of H-pyrrole nitrogens is 1. The van der Waals surface area contributed by atoms with Crippen LogP contribution in [0.4, 0.5) is 0 Å². The Morgan fingerprint density at radius 2 is 1.36 bits per heavy atom. The van der Waals surface area contributed by atoms with E-state index in [1.807, 2.05) is 0 Å². The maximum absolute atomic E-state index is 11.0. The molecule has 0 fully saturated rings. The first-order valence-electron chi connectivity index (χ1n) is 13.1. The molecule has 1 rings (SSSR count). The first-order valence-corrected chi connectivity index (χ1v) is 13.1. The Hall–Kier alpha value is -1.89. The number of aromatic amines is 1. The molecule has 1 atom stereocenters. The molecule has 0 bridgehead atoms. The summed E-state index contributed by atoms with van der Waals surface area (Å²) in [5, 5.41) is 17.7. The maximum atomic E-state index is 11.0. The van der Waals surface area contributed by atoms with Crippen molar-refractivity contribution in [1.29, 1.82) is 0 Å². The Bertz CT molecular complexity index is 564. The summed E-state index contributed by atoms with van der Waals surface area (Å²) in [7, 11) is 0. The van der Waals surface area contributed by atoms with E-state index < -0.39 is 17.9 Å². The van der Waals surface area contributed by atoms with Crippen molar-refractivity contribution < 1.29 is 19.8 Å². The van der Waals surface area contributed by atoms with Crippen LogP contribution in [0.3, 0.4) is 0 Å². The first-order chi connectivity index (χ1) is 16.0. The molecular formula is C26H49N3O4. The molecule has 1 unspecified atom stereocenters. The van der Waals surface area contributed by atoms with Gasteiger partial charge in [-0.2, -0.15) is 0 Å². The molecule has 1 aromatic rings. The molecule has 192 valence electrons. The van der Waals surface area contributed by atoms with Crippen LogP contribution in [0, 0.1) is 5.92 Å². The largest absolute Gasteiger partial charge is 0.481 e. The van der Waals surface area contributed by atoms with Gasteiger partial charge in [0.05, 0.1) is 18.7 Å². The van der Waals surface area contributed by atoms with Crippen molar-refractivity contribution in [3.63, 3.8) is 0 Å². The van der Waals surface area contributed by atoms with Gasteiger partial charge in [-0.3, -0.25) is 9.59 Å². The quantitative estimate of drug-likeness (QED) is 0.156. The first kappa shape index (κ1) is 31.1. The van der Waals surface area contributed by atoms with E-state index in [-0.39, 0.29) is 6.42 Å². The molecule has 0 aromatic carbocycles. The van der Waals surface area contributed by atoms with Crippen molar-refractivity contribution >= 4 is 11.9 Å². The van der Waals surface area contributed by atoms with Crippen LogP contribution in [0.1, 0.15) is 122 Å². The molecule has 1 heterocycles. The van der Waals surface area contributed by atoms with Gasteiger partial charge in [0.15, 0.2) is 0 Å². The highest BCUT2D eigenvalue weighted by Gasteiger charge is 2.20. The number of rotatable bonds is 21. The Morgan fingerprint density at radius 1 is 0.879 bits per heavy atom. The number of unbranched alkanes of at least 4 members (excludes halogenated alkanes) is 14. The molecule has 5 N–H and O–H groups in total. The molecule has 0 saturated heterocycles. The number of nitrogens with one attached hydrogen (secondary N) is 1. The van der Waals surface area contributed by atoms with E-state index in [0.717, 1.165) is 31.4 Å². The zero-order chi connectivity index (χ0) is 24.6. The van der Waals surface area contributed by atoms with Gasteiger partial charge in [0.2, 0.25) is 0 Å². The number of hydrogen-bond donors (Lipinski definition) is 4. The molecule has 1 aromatic heterocycles. The van der Waals surface area contributed by atoms with Gasteiger partial charge in [-0.25, -0.2) is 4.98 Å². The van der Waals surface area contributed by atoms with Crippen molar-refractivity contribution in [2.45, 2.75) is 122 Å². The number of carboxylic acids is 2. The monoisotopic (exact) mass is 467 g/mol. The number of aliphatic carboxylic acids is 2. The van der Waals surface area contributed by atoms with E-state index in [2.05, 4.69) is 16.9 Å². The normalized spacial score (nSPS) is 11.6. The van der Waals surface area contributed by atoms with E-state index in [9.17, 15) is 9.59 Å². The highest BCUT2D eigenvalue weighted by Crippen LogP contribution is 2.17. The Labute approximate surface area is 201 Å². The second kappa shape index (κ2) is 23.3. The standard InChI is InChI=1S/C21H40O4.C5H9N3/c1-2-3-4-5-6-7-8-9-10-11-12-13-14-15-16-17-19(21(24)25)18-20(22)23;6-2-1-5-3-7-4-8-5/h19H,2-18H2,1H3,(H,22,23)(H,24,25);3-4H,1-2,6H2,(H,7,8). The number of carboxylic acid groups (broad SMARTS) is 2. The average Bonchev–Trinajstić information content (AvgIpc) is 3.29. The van der Waals surface area contributed by atoms with E-state index in [4.69, 9.17) is 15.9 Å². The van der Waals surface area contributed by atoms with Crippen LogP contribution < -0.4 is 5.73 Å². The second-order valence-electron chi connectivity index (χ2n) is 8.99. The summed E-state index contributed by atoms with van der Waals surface area (Å²) in [6.07, 6.45) is 23.7. The van der Waals surface area contributed by atoms with Crippen molar-refractivity contribution in [2.75, 3.05) is 6.54 Å². The third-order valence-corrected chi connectivity index (χ3v) is 5.89. The van der Waals surface area contributed by atoms with Gasteiger partial charge in [0, 0.05) is 18.3 Å². The topological polar surface area (TPSA) is 129 Å². The number of aromatic nitrogens is 2. The third-order valence-electron chi connectivity index (χ3n) is 5.89. The molecule has 0 radical (unpaired) electrons. The van der Waals surface area contributed by atoms with Crippen LogP contribution in [0.15, 0.2) is 12.5 Å². The molecule has 0 aliphatic rings. The summed E-state index contributed by atoms with van der Waals surface area (Å²) >= 11 is 0. The van der Waals surface area contributed by atoms with Gasteiger partial charge >= 0.3 is 11.9 Å². The molecule has 0 aliphatic carbocycles. The number of carbonyl (C=O) groups is 2. The Morgan fingerprint density at radius 3 is 1.73 bits per heavy atom. The summed E-state index contributed by atoms with van der Waals surface area (Å²) in [6, 6.07) is 0. The minimum absolute atomic E-state index is 0.256. The van der Waals surface area contributed by atoms with Crippen LogP contribution in [0.2, 0.25) is 0 Å². The second-order valence-corrected chi connectivity index (χ2v) is 8.99. The van der Waals surface area contributed by atoms with Crippen molar-refractivity contribution in [1.82, 2.24) is 9.97 Å². The molecule has 7 nitrogen and oxygen atoms in total. The third kappa shape index (κ3) is 21.7. The SMILES string of the molecule is CCCCCCCCCCCCCCCCCC(CC(=O)O)C(=O)O.NCCc1cnc[nH]1. The lowest BCUT2D eigenvalue weighted by atomic mass is 9.97. The molecule has 0 saturated carbocycles. The van der Waals surface area contributed by atoms with Crippen LogP contribution >= 0.6 is 0 Å². The summed E-state index contributed by atoms with van der Waals surface area (Å²) in [5.74, 6) is -2.72. The lowest BCUT2D eigenvalue weighted by molar-refractivity contribution is -0.148. The summed E-state index contributed by atoms with van der Waals surface area (Å²) in [5.41, 5.74) is 6.38. The summed E-state index contributed by atoms with van der Waals surface area (Å²) in [6.45, 7) is 2.94. The highest BCUT2D eigenvalue weighted by molar-refractivity contribution is 5.77. The van der Waals surface area contributed by atoms with Crippen molar-refractivity contribution in [3.05, 3.63) is 18.2 Å². The van der Waals surface area contributed by atoms with Crippen LogP contribution in [-0.4, -0.2) is 38.7 Å². The minimum atomic E-state index is -1.02. The predicted octanol–water partition coefficient (Wildman–Crippen LogP) is 6.33. The number of hydrogen-bond acceptors (Lipinski definition) is 4. The minimum Gasteiger partial charge on any atom is -0.481 e. The van der Waals surface area contributed by atoms with E-state index >= 15 is 0 Å². The van der Waals surface area contributed by atoms with Gasteiger partial charge in [-0.15, -0.1) is 0 Å². The summed E-state index contributed by atoms with van der Waals surface area (Å²) < 4.78 is 0. The smallest absolute Gasteiger partial charge is 0.307 e. The predicted molar refractivity (Wildman–Crippen MR) is 134 cm³/mol. The number of nitrogens with two attached hydrogens (primary N) is 1. The molecule has 7 heteroatoms. The molecule has 0 aliphatic heterocycles. The fourth-order valence-corrected chi connectivity index (χ4v) is 3.86. The fraction of sp³-hybridized carbons (Fsp3) is 0.808. The molecule has 33 heavy (non-hydrogen) atoms. The van der Waals surface area contributed by atoms with Crippen LogP contribution in [-0.2, 0) is 16.0 Å². The molecule has 0 amide bonds. The van der Waals surface area contributed by atoms with Crippen molar-refractivity contribution in [3.8, 4) is 0 Å². The zero-order valence-electron chi connectivity index (χ0n) is 20.9. The van der Waals surface area contributed by atoms with Gasteiger partial charge in [-0.05, 0) is 13.0 Å². The fourth-order valence-electron chi connectivity index (χ4n) is 3.86. The van der Waals surface area contributed by atoms with Crippen LogP contribution in [0.5, 0.6) is 0 Å². The average molecular weight is 468 g/mol. The van der Waals surface area contributed by atoms with Gasteiger partial charge < -0.3 is 20.9 Å². The zero-order valence-corrected chi connectivity index (χ0v) is 20.9. The van der Waals surface area contributed by atoms with Gasteiger partial charge in [0.1, 0.15) is 0 Å². The molecular weight excluding hydrogens is 418 g/mol. The van der Waals surface area contributed by atoms with E-state index in [1.54, 1.807) is 12.5 Å². The van der Waals surface area contributed by atoms with Gasteiger partial charge in [0.25, 0.3) is 0 Å².